The van der Waals surface area contributed by atoms with Crippen molar-refractivity contribution in [3.8, 4) is 12.3 Å². The van der Waals surface area contributed by atoms with Crippen LogP contribution in [0.1, 0.15) is 48.4 Å². The molecule has 0 saturated carbocycles. The summed E-state index contributed by atoms with van der Waals surface area (Å²) in [6.45, 7) is 2.12. The van der Waals surface area contributed by atoms with Crippen LogP contribution in [-0.2, 0) is 0 Å². The Bertz CT molecular complexity index is 1050. The predicted octanol–water partition coefficient (Wildman–Crippen LogP) is 2.44. The monoisotopic (exact) mass is 401 g/mol. The highest BCUT2D eigenvalue weighted by molar-refractivity contribution is 5.98. The van der Waals surface area contributed by atoms with Crippen LogP contribution < -0.4 is 27.0 Å². The molecular formula is C21H23N9. The van der Waals surface area contributed by atoms with Crippen LogP contribution >= 0.6 is 0 Å². The Morgan fingerprint density at radius 2 is 1.77 bits per heavy atom. The van der Waals surface area contributed by atoms with Crippen molar-refractivity contribution >= 4 is 29.0 Å². The molecule has 1 aromatic carbocycles. The zero-order valence-electron chi connectivity index (χ0n) is 16.5. The number of benzene rings is 1. The van der Waals surface area contributed by atoms with Gasteiger partial charge >= 0.3 is 0 Å². The molecule has 1 fully saturated rings. The Morgan fingerprint density at radius 1 is 1.07 bits per heavy atom. The lowest BCUT2D eigenvalue weighted by Crippen LogP contribution is -2.32. The van der Waals surface area contributed by atoms with Crippen molar-refractivity contribution in [3.63, 3.8) is 0 Å². The summed E-state index contributed by atoms with van der Waals surface area (Å²) in [5.41, 5.74) is 15.2. The molecule has 4 rings (SSSR count). The van der Waals surface area contributed by atoms with E-state index in [1.54, 1.807) is 0 Å². The van der Waals surface area contributed by atoms with E-state index in [2.05, 4.69) is 37.6 Å². The molecule has 9 heteroatoms. The number of fused-ring (bicyclic) bond motifs is 1. The van der Waals surface area contributed by atoms with Gasteiger partial charge in [-0.2, -0.15) is 10.5 Å². The molecular weight excluding hydrogens is 378 g/mol. The molecule has 3 heterocycles. The van der Waals surface area contributed by atoms with E-state index in [9.17, 15) is 5.26 Å². The number of pyridine rings is 1. The molecule has 1 aromatic heterocycles. The van der Waals surface area contributed by atoms with E-state index in [4.69, 9.17) is 16.7 Å². The second kappa shape index (κ2) is 8.18. The second-order valence-electron chi connectivity index (χ2n) is 7.39. The maximum atomic E-state index is 9.43. The van der Waals surface area contributed by atoms with Gasteiger partial charge in [-0.15, -0.1) is 0 Å². The summed E-state index contributed by atoms with van der Waals surface area (Å²) in [5, 5.41) is 23.9. The van der Waals surface area contributed by atoms with Gasteiger partial charge in [-0.25, -0.2) is 9.98 Å². The summed E-state index contributed by atoms with van der Waals surface area (Å²) in [5.74, 6) is 0.677. The van der Waals surface area contributed by atoms with Gasteiger partial charge in [0.15, 0.2) is 6.19 Å². The van der Waals surface area contributed by atoms with E-state index < -0.39 is 6.04 Å². The fourth-order valence-corrected chi connectivity index (χ4v) is 4.02. The van der Waals surface area contributed by atoms with Crippen LogP contribution in [0.25, 0.3) is 0 Å². The molecule has 6 N–H and O–H groups in total. The second-order valence-corrected chi connectivity index (χ2v) is 7.39. The minimum atomic E-state index is -0.518. The fourth-order valence-electron chi connectivity index (χ4n) is 4.02. The van der Waals surface area contributed by atoms with Crippen LogP contribution in [0, 0.1) is 22.8 Å². The lowest BCUT2D eigenvalue weighted by molar-refractivity contribution is 0.726. The highest BCUT2D eigenvalue weighted by Gasteiger charge is 2.29. The van der Waals surface area contributed by atoms with E-state index in [0.717, 1.165) is 18.7 Å². The molecule has 30 heavy (non-hydrogen) atoms. The first-order valence-corrected chi connectivity index (χ1v) is 9.96. The molecule has 2 aromatic rings. The number of guanidine groups is 1. The summed E-state index contributed by atoms with van der Waals surface area (Å²) in [6.07, 6.45) is 6.83. The number of nitrogen functional groups attached to an aromatic ring is 2. The van der Waals surface area contributed by atoms with Crippen molar-refractivity contribution in [1.82, 2.24) is 10.3 Å². The van der Waals surface area contributed by atoms with Gasteiger partial charge in [0, 0.05) is 24.3 Å². The normalized spacial score (nSPS) is 18.1. The Morgan fingerprint density at radius 3 is 2.40 bits per heavy atom. The number of rotatable bonds is 2. The number of nitriles is 2. The van der Waals surface area contributed by atoms with Gasteiger partial charge in [0.1, 0.15) is 29.3 Å². The van der Waals surface area contributed by atoms with Crippen LogP contribution in [0.15, 0.2) is 29.3 Å². The van der Waals surface area contributed by atoms with Gasteiger partial charge in [0.25, 0.3) is 0 Å². The summed E-state index contributed by atoms with van der Waals surface area (Å²) in [6, 6.07) is 9.69. The van der Waals surface area contributed by atoms with Gasteiger partial charge < -0.3 is 21.7 Å². The van der Waals surface area contributed by atoms with Crippen LogP contribution in [0.2, 0.25) is 0 Å². The standard InChI is InChI=1S/C21H23N9/c22-11-15-17(24)16-18(27-21(26-12-23)29-20(16)28-19(15)25)13-5-7-14(8-6-13)30-9-3-1-2-4-10-30/h5-8,18H,1-4,9-10H2,(H6,24,25,26,27,28,29). The van der Waals surface area contributed by atoms with E-state index in [1.807, 2.05) is 24.4 Å². The lowest BCUT2D eigenvalue weighted by Gasteiger charge is -2.27. The van der Waals surface area contributed by atoms with Gasteiger partial charge in [-0.1, -0.05) is 25.0 Å². The van der Waals surface area contributed by atoms with Gasteiger partial charge in [-0.3, -0.25) is 5.32 Å². The van der Waals surface area contributed by atoms with Gasteiger partial charge in [0.05, 0.1) is 5.69 Å². The number of anilines is 4. The lowest BCUT2D eigenvalue weighted by atomic mass is 9.95. The number of hydrogen-bond acceptors (Lipinski definition) is 9. The van der Waals surface area contributed by atoms with Crippen molar-refractivity contribution in [1.29, 1.82) is 10.5 Å². The largest absolute Gasteiger partial charge is 0.397 e. The molecule has 152 valence electrons. The van der Waals surface area contributed by atoms with Crippen LogP contribution in [0.4, 0.5) is 23.0 Å². The van der Waals surface area contributed by atoms with Crippen molar-refractivity contribution in [2.45, 2.75) is 31.7 Å². The Hall–Kier alpha value is -3.98. The summed E-state index contributed by atoms with van der Waals surface area (Å²) in [4.78, 5) is 11.3. The molecule has 0 spiro atoms. The molecule has 0 aliphatic carbocycles. The highest BCUT2D eigenvalue weighted by atomic mass is 15.2. The number of aromatic nitrogens is 1. The minimum absolute atomic E-state index is 0.0368. The quantitative estimate of drug-likeness (QED) is 0.442. The van der Waals surface area contributed by atoms with E-state index in [0.29, 0.717) is 11.4 Å². The molecule has 1 atom stereocenters. The predicted molar refractivity (Wildman–Crippen MR) is 117 cm³/mol. The molecule has 0 radical (unpaired) electrons. The Balaban J connectivity index is 1.74. The van der Waals surface area contributed by atoms with Crippen molar-refractivity contribution in [2.24, 2.45) is 4.99 Å². The zero-order chi connectivity index (χ0) is 21.1. The smallest absolute Gasteiger partial charge is 0.211 e. The average Bonchev–Trinajstić information content (AvgIpc) is 3.03. The zero-order valence-corrected chi connectivity index (χ0v) is 16.5. The third-order valence-corrected chi connectivity index (χ3v) is 5.54. The minimum Gasteiger partial charge on any atom is -0.397 e. The number of aliphatic imine (C=N–C) groups is 1. The number of nitrogens with zero attached hydrogens (tertiary/aromatic N) is 5. The number of hydrogen-bond donors (Lipinski definition) is 4. The van der Waals surface area contributed by atoms with Crippen molar-refractivity contribution in [3.05, 3.63) is 41.0 Å². The molecule has 0 amide bonds. The highest BCUT2D eigenvalue weighted by Crippen LogP contribution is 2.40. The summed E-state index contributed by atoms with van der Waals surface area (Å²) in [7, 11) is 0. The number of nitrogens with two attached hydrogens (primary N) is 2. The van der Waals surface area contributed by atoms with Crippen molar-refractivity contribution < 1.29 is 0 Å². The summed E-state index contributed by atoms with van der Waals surface area (Å²) >= 11 is 0. The first-order chi connectivity index (χ1) is 14.6. The topological polar surface area (TPSA) is 152 Å². The van der Waals surface area contributed by atoms with E-state index in [1.165, 1.54) is 31.4 Å². The summed E-state index contributed by atoms with van der Waals surface area (Å²) < 4.78 is 0. The van der Waals surface area contributed by atoms with Crippen molar-refractivity contribution in [2.75, 3.05) is 34.8 Å². The molecule has 1 saturated heterocycles. The third kappa shape index (κ3) is 3.53. The maximum Gasteiger partial charge on any atom is 0.211 e. The van der Waals surface area contributed by atoms with Crippen LogP contribution in [-0.4, -0.2) is 24.0 Å². The fraction of sp³-hybridized carbons (Fsp3) is 0.333. The Labute approximate surface area is 175 Å². The average molecular weight is 401 g/mol. The van der Waals surface area contributed by atoms with Crippen LogP contribution in [0.5, 0.6) is 0 Å². The first-order valence-electron chi connectivity index (χ1n) is 9.96. The number of nitrogens with one attached hydrogen (secondary N) is 2. The van der Waals surface area contributed by atoms with E-state index >= 15 is 0 Å². The van der Waals surface area contributed by atoms with Gasteiger partial charge in [-0.05, 0) is 30.5 Å². The molecule has 1 unspecified atom stereocenters. The van der Waals surface area contributed by atoms with E-state index in [-0.39, 0.29) is 23.0 Å². The first kappa shape index (κ1) is 19.3. The van der Waals surface area contributed by atoms with Gasteiger partial charge in [0.2, 0.25) is 5.96 Å². The van der Waals surface area contributed by atoms with Crippen LogP contribution in [0.3, 0.4) is 0 Å². The maximum absolute atomic E-state index is 9.43. The SMILES string of the molecule is N#CNC1=NC(c2ccc(N3CCCCCC3)cc2)c2c(nc(N)c(C#N)c2N)N1. The third-order valence-electron chi connectivity index (χ3n) is 5.54. The Kier molecular flexibility index (Phi) is 5.27. The molecule has 0 bridgehead atoms. The molecule has 2 aliphatic heterocycles. The molecule has 2 aliphatic rings. The molecule has 9 nitrogen and oxygen atoms in total.